The minimum absolute atomic E-state index is 0.0758. The molecule has 0 saturated heterocycles. The third-order valence-corrected chi connectivity index (χ3v) is 2.79. The van der Waals surface area contributed by atoms with Crippen LogP contribution in [0.15, 0.2) is 30.5 Å². The van der Waals surface area contributed by atoms with Crippen molar-refractivity contribution in [3.05, 3.63) is 42.0 Å². The molecule has 0 aliphatic rings. The van der Waals surface area contributed by atoms with Gasteiger partial charge in [0.25, 0.3) is 5.91 Å². The number of carbonyl (C=O) groups excluding carboxylic acids is 1. The van der Waals surface area contributed by atoms with Crippen molar-refractivity contribution >= 4 is 5.91 Å². The predicted octanol–water partition coefficient (Wildman–Crippen LogP) is 1.93. The molecule has 2 rings (SSSR count). The normalized spacial score (nSPS) is 12.2. The van der Waals surface area contributed by atoms with Gasteiger partial charge in [-0.05, 0) is 31.5 Å². The molecule has 0 aliphatic carbocycles. The van der Waals surface area contributed by atoms with E-state index in [2.05, 4.69) is 15.6 Å². The van der Waals surface area contributed by atoms with Crippen LogP contribution in [0.2, 0.25) is 0 Å². The Morgan fingerprint density at radius 1 is 1.53 bits per heavy atom. The fourth-order valence-corrected chi connectivity index (χ4v) is 1.51. The summed E-state index contributed by atoms with van der Waals surface area (Å²) in [5.74, 6) is -0.643. The maximum Gasteiger partial charge on any atom is 0.273 e. The van der Waals surface area contributed by atoms with E-state index in [1.54, 1.807) is 12.1 Å². The van der Waals surface area contributed by atoms with Crippen LogP contribution in [0.3, 0.4) is 0 Å². The van der Waals surface area contributed by atoms with E-state index in [-0.39, 0.29) is 23.5 Å². The van der Waals surface area contributed by atoms with Crippen LogP contribution in [0.1, 0.15) is 30.8 Å². The summed E-state index contributed by atoms with van der Waals surface area (Å²) < 4.78 is 14.5. The molecular weight excluding hydrogens is 247 g/mol. The molecule has 0 radical (unpaired) electrons. The fraction of sp³-hybridized carbons (Fsp3) is 0.308. The first-order chi connectivity index (χ1) is 9.10. The van der Waals surface area contributed by atoms with Crippen LogP contribution in [0, 0.1) is 5.82 Å². The first kappa shape index (κ1) is 13.2. The van der Waals surface area contributed by atoms with Gasteiger partial charge in [0.2, 0.25) is 0 Å². The second-order valence-corrected chi connectivity index (χ2v) is 4.31. The zero-order chi connectivity index (χ0) is 13.8. The van der Waals surface area contributed by atoms with E-state index in [1.807, 2.05) is 13.8 Å². The minimum Gasteiger partial charge on any atom is -0.348 e. The van der Waals surface area contributed by atoms with E-state index in [1.165, 1.54) is 23.0 Å². The molecule has 0 spiro atoms. The standard InChI is InChI=1S/C13H15FN4O/c1-3-9(2)15-13(19)12-8-18(17-16-12)11-6-4-5-10(14)7-11/h4-9H,3H2,1-2H3,(H,15,19)/t9-/m0/s1. The summed E-state index contributed by atoms with van der Waals surface area (Å²) in [4.78, 5) is 11.8. The van der Waals surface area contributed by atoms with Gasteiger partial charge in [-0.15, -0.1) is 5.10 Å². The molecule has 2 aromatic rings. The topological polar surface area (TPSA) is 59.8 Å². The molecule has 19 heavy (non-hydrogen) atoms. The molecule has 1 heterocycles. The summed E-state index contributed by atoms with van der Waals surface area (Å²) in [6.07, 6.45) is 2.32. The highest BCUT2D eigenvalue weighted by molar-refractivity contribution is 5.92. The van der Waals surface area contributed by atoms with Gasteiger partial charge in [0.15, 0.2) is 5.69 Å². The van der Waals surface area contributed by atoms with Crippen molar-refractivity contribution in [2.45, 2.75) is 26.3 Å². The van der Waals surface area contributed by atoms with Crippen LogP contribution in [0.25, 0.3) is 5.69 Å². The minimum atomic E-state index is -0.362. The third-order valence-electron chi connectivity index (χ3n) is 2.79. The van der Waals surface area contributed by atoms with E-state index >= 15 is 0 Å². The summed E-state index contributed by atoms with van der Waals surface area (Å²) >= 11 is 0. The number of amides is 1. The van der Waals surface area contributed by atoms with Gasteiger partial charge in [-0.1, -0.05) is 18.2 Å². The smallest absolute Gasteiger partial charge is 0.273 e. The maximum atomic E-state index is 13.1. The SMILES string of the molecule is CC[C@H](C)NC(=O)c1cn(-c2cccc(F)c2)nn1. The first-order valence-electron chi connectivity index (χ1n) is 6.09. The average molecular weight is 262 g/mol. The van der Waals surface area contributed by atoms with E-state index in [4.69, 9.17) is 0 Å². The number of rotatable bonds is 4. The van der Waals surface area contributed by atoms with Crippen molar-refractivity contribution in [2.75, 3.05) is 0 Å². The van der Waals surface area contributed by atoms with Crippen molar-refractivity contribution in [1.29, 1.82) is 0 Å². The van der Waals surface area contributed by atoms with E-state index in [9.17, 15) is 9.18 Å². The second kappa shape index (κ2) is 5.60. The van der Waals surface area contributed by atoms with Crippen molar-refractivity contribution in [3.63, 3.8) is 0 Å². The third kappa shape index (κ3) is 3.15. The molecule has 0 unspecified atom stereocenters. The number of hydrogen-bond acceptors (Lipinski definition) is 3. The van der Waals surface area contributed by atoms with Gasteiger partial charge in [-0.3, -0.25) is 4.79 Å². The van der Waals surface area contributed by atoms with Crippen LogP contribution < -0.4 is 5.32 Å². The molecule has 0 aliphatic heterocycles. The lowest BCUT2D eigenvalue weighted by Gasteiger charge is -2.08. The number of nitrogens with one attached hydrogen (secondary N) is 1. The molecule has 5 nitrogen and oxygen atoms in total. The fourth-order valence-electron chi connectivity index (χ4n) is 1.51. The summed E-state index contributed by atoms with van der Waals surface area (Å²) in [5.41, 5.74) is 0.736. The number of benzene rings is 1. The van der Waals surface area contributed by atoms with Crippen molar-refractivity contribution < 1.29 is 9.18 Å². The summed E-state index contributed by atoms with van der Waals surface area (Å²) in [6, 6.07) is 6.01. The van der Waals surface area contributed by atoms with Gasteiger partial charge in [0.05, 0.1) is 11.9 Å². The van der Waals surface area contributed by atoms with Gasteiger partial charge in [-0.2, -0.15) is 0 Å². The number of aromatic nitrogens is 3. The quantitative estimate of drug-likeness (QED) is 0.916. The van der Waals surface area contributed by atoms with Crippen molar-refractivity contribution in [3.8, 4) is 5.69 Å². The number of carbonyl (C=O) groups is 1. The molecule has 0 fully saturated rings. The van der Waals surface area contributed by atoms with E-state index in [0.29, 0.717) is 5.69 Å². The lowest BCUT2D eigenvalue weighted by atomic mass is 10.2. The number of hydrogen-bond donors (Lipinski definition) is 1. The highest BCUT2D eigenvalue weighted by atomic mass is 19.1. The molecule has 1 atom stereocenters. The highest BCUT2D eigenvalue weighted by Gasteiger charge is 2.13. The molecule has 1 N–H and O–H groups in total. The monoisotopic (exact) mass is 262 g/mol. The Morgan fingerprint density at radius 2 is 2.32 bits per heavy atom. The summed E-state index contributed by atoms with van der Waals surface area (Å²) in [6.45, 7) is 3.89. The van der Waals surface area contributed by atoms with Crippen LogP contribution in [-0.4, -0.2) is 26.9 Å². The summed E-state index contributed by atoms with van der Waals surface area (Å²) in [7, 11) is 0. The molecule has 0 saturated carbocycles. The molecule has 1 amide bonds. The van der Waals surface area contributed by atoms with E-state index < -0.39 is 0 Å². The Hall–Kier alpha value is -2.24. The number of halogens is 1. The van der Waals surface area contributed by atoms with Crippen LogP contribution in [0.4, 0.5) is 4.39 Å². The Balaban J connectivity index is 2.17. The Labute approximate surface area is 110 Å². The Morgan fingerprint density at radius 3 is 3.00 bits per heavy atom. The Kier molecular flexibility index (Phi) is 3.89. The van der Waals surface area contributed by atoms with Gasteiger partial charge in [-0.25, -0.2) is 9.07 Å². The van der Waals surface area contributed by atoms with Crippen molar-refractivity contribution in [2.24, 2.45) is 0 Å². The molecule has 1 aromatic heterocycles. The lowest BCUT2D eigenvalue weighted by molar-refractivity contribution is 0.0934. The van der Waals surface area contributed by atoms with Crippen LogP contribution in [-0.2, 0) is 0 Å². The van der Waals surface area contributed by atoms with Gasteiger partial charge in [0.1, 0.15) is 5.82 Å². The molecular formula is C13H15FN4O. The van der Waals surface area contributed by atoms with Crippen LogP contribution in [0.5, 0.6) is 0 Å². The second-order valence-electron chi connectivity index (χ2n) is 4.31. The van der Waals surface area contributed by atoms with Gasteiger partial charge in [0, 0.05) is 6.04 Å². The zero-order valence-corrected chi connectivity index (χ0v) is 10.8. The molecule has 0 bridgehead atoms. The molecule has 1 aromatic carbocycles. The molecule has 100 valence electrons. The maximum absolute atomic E-state index is 13.1. The largest absolute Gasteiger partial charge is 0.348 e. The van der Waals surface area contributed by atoms with Crippen molar-refractivity contribution in [1.82, 2.24) is 20.3 Å². The zero-order valence-electron chi connectivity index (χ0n) is 10.8. The van der Waals surface area contributed by atoms with Gasteiger partial charge >= 0.3 is 0 Å². The van der Waals surface area contributed by atoms with E-state index in [0.717, 1.165) is 6.42 Å². The van der Waals surface area contributed by atoms with Gasteiger partial charge < -0.3 is 5.32 Å². The first-order valence-corrected chi connectivity index (χ1v) is 6.09. The number of nitrogens with zero attached hydrogens (tertiary/aromatic N) is 3. The van der Waals surface area contributed by atoms with Crippen LogP contribution >= 0.6 is 0 Å². The highest BCUT2D eigenvalue weighted by Crippen LogP contribution is 2.08. The Bertz CT molecular complexity index is 582. The average Bonchev–Trinajstić information content (AvgIpc) is 2.88. The molecule has 6 heteroatoms. The predicted molar refractivity (Wildman–Crippen MR) is 68.5 cm³/mol. The summed E-state index contributed by atoms with van der Waals surface area (Å²) in [5, 5.41) is 10.4. The lowest BCUT2D eigenvalue weighted by Crippen LogP contribution is -2.32.